The van der Waals surface area contributed by atoms with Crippen LogP contribution in [0.5, 0.6) is 0 Å². The minimum atomic E-state index is -4.57. The summed E-state index contributed by atoms with van der Waals surface area (Å²) in [5.41, 5.74) is -0.160. The van der Waals surface area contributed by atoms with Gasteiger partial charge in [-0.2, -0.15) is 13.2 Å². The first kappa shape index (κ1) is 25.0. The van der Waals surface area contributed by atoms with E-state index < -0.39 is 35.8 Å². The van der Waals surface area contributed by atoms with Crippen molar-refractivity contribution in [2.45, 2.75) is 45.2 Å². The molecule has 2 N–H and O–H groups in total. The summed E-state index contributed by atoms with van der Waals surface area (Å²) in [5.74, 6) is -3.35. The lowest BCUT2D eigenvalue weighted by molar-refractivity contribution is -0.148. The van der Waals surface area contributed by atoms with Crippen molar-refractivity contribution in [1.82, 2.24) is 0 Å². The fourth-order valence-corrected chi connectivity index (χ4v) is 3.38. The summed E-state index contributed by atoms with van der Waals surface area (Å²) < 4.78 is 39.4. The second-order valence-electron chi connectivity index (χ2n) is 7.62. The Bertz CT molecular complexity index is 948. The third-order valence-electron chi connectivity index (χ3n) is 5.20. The van der Waals surface area contributed by atoms with Gasteiger partial charge in [0.1, 0.15) is 0 Å². The molecule has 9 heteroatoms. The summed E-state index contributed by atoms with van der Waals surface area (Å²) in [6, 6.07) is 10.2. The first-order valence-corrected chi connectivity index (χ1v) is 10.2. The van der Waals surface area contributed by atoms with Crippen molar-refractivity contribution in [1.29, 1.82) is 0 Å². The van der Waals surface area contributed by atoms with Crippen LogP contribution in [0.15, 0.2) is 42.5 Å². The molecule has 0 aliphatic heterocycles. The molecule has 168 valence electrons. The van der Waals surface area contributed by atoms with Gasteiger partial charge in [0.15, 0.2) is 0 Å². The lowest BCUT2D eigenvalue weighted by atomic mass is 9.81. The van der Waals surface area contributed by atoms with E-state index in [0.29, 0.717) is 17.0 Å². The molecule has 2 atom stereocenters. The molecule has 2 aromatic rings. The molecule has 0 radical (unpaired) electrons. The number of alkyl halides is 3. The topological polar surface area (TPSA) is 66.4 Å². The van der Waals surface area contributed by atoms with Gasteiger partial charge < -0.3 is 10.4 Å². The number of halogens is 5. The zero-order chi connectivity index (χ0) is 23.4. The largest absolute Gasteiger partial charge is 0.481 e. The second-order valence-corrected chi connectivity index (χ2v) is 8.47. The molecule has 2 rings (SSSR count). The van der Waals surface area contributed by atoms with Crippen LogP contribution in [0, 0.1) is 5.41 Å². The van der Waals surface area contributed by atoms with Crippen LogP contribution in [-0.4, -0.2) is 23.2 Å². The SMILES string of the molecule is CCC(C)(Cc1ccc(Cl)c(NC(=O)[C@@H](CC(F)(F)F)c2ccc(Cl)cc2)c1)C(=O)O. The predicted molar refractivity (Wildman–Crippen MR) is 115 cm³/mol. The third kappa shape index (κ3) is 6.87. The minimum absolute atomic E-state index is 0.120. The van der Waals surface area contributed by atoms with Crippen LogP contribution < -0.4 is 5.32 Å². The number of carbonyl (C=O) groups is 2. The highest BCUT2D eigenvalue weighted by Crippen LogP contribution is 2.35. The molecule has 1 amide bonds. The van der Waals surface area contributed by atoms with E-state index in [1.54, 1.807) is 19.9 Å². The molecule has 0 aromatic heterocycles. The number of anilines is 1. The lowest BCUT2D eigenvalue weighted by Crippen LogP contribution is -2.29. The van der Waals surface area contributed by atoms with Crippen molar-refractivity contribution in [3.8, 4) is 0 Å². The monoisotopic (exact) mass is 475 g/mol. The Morgan fingerprint density at radius 1 is 1.10 bits per heavy atom. The standard InChI is InChI=1S/C22H22Cl2F3NO3/c1-3-21(2,20(30)31)11-13-4-9-17(24)18(10-13)28-19(29)16(12-22(25,26)27)14-5-7-15(23)8-6-14/h4-10,16H,3,11-12H2,1-2H3,(H,28,29)(H,30,31)/t16-,21?/m0/s1. The van der Waals surface area contributed by atoms with Crippen LogP contribution in [0.25, 0.3) is 0 Å². The van der Waals surface area contributed by atoms with Gasteiger partial charge in [-0.15, -0.1) is 0 Å². The van der Waals surface area contributed by atoms with Crippen molar-refractivity contribution >= 4 is 40.8 Å². The number of rotatable bonds is 8. The third-order valence-corrected chi connectivity index (χ3v) is 5.79. The van der Waals surface area contributed by atoms with Crippen LogP contribution in [0.1, 0.15) is 43.7 Å². The molecular weight excluding hydrogens is 454 g/mol. The van der Waals surface area contributed by atoms with Gasteiger partial charge in [-0.1, -0.05) is 48.3 Å². The fourth-order valence-electron chi connectivity index (χ4n) is 3.09. The zero-order valence-electron chi connectivity index (χ0n) is 16.9. The van der Waals surface area contributed by atoms with Gasteiger partial charge in [-0.25, -0.2) is 0 Å². The van der Waals surface area contributed by atoms with E-state index in [1.165, 1.54) is 36.4 Å². The van der Waals surface area contributed by atoms with Gasteiger partial charge >= 0.3 is 12.1 Å². The van der Waals surface area contributed by atoms with Crippen molar-refractivity contribution in [2.75, 3.05) is 5.32 Å². The first-order chi connectivity index (χ1) is 14.3. The maximum atomic E-state index is 13.1. The molecule has 0 saturated heterocycles. The molecule has 2 aromatic carbocycles. The smallest absolute Gasteiger partial charge is 0.390 e. The number of carbonyl (C=O) groups excluding carboxylic acids is 1. The molecule has 0 spiro atoms. The van der Waals surface area contributed by atoms with Crippen LogP contribution in [0.4, 0.5) is 18.9 Å². The van der Waals surface area contributed by atoms with Crippen LogP contribution in [-0.2, 0) is 16.0 Å². The summed E-state index contributed by atoms with van der Waals surface area (Å²) in [5, 5.41) is 12.4. The molecule has 0 saturated carbocycles. The van der Waals surface area contributed by atoms with Crippen LogP contribution >= 0.6 is 23.2 Å². The van der Waals surface area contributed by atoms with Gasteiger partial charge in [0.05, 0.1) is 28.5 Å². The number of aliphatic carboxylic acids is 1. The van der Waals surface area contributed by atoms with E-state index in [0.717, 1.165) is 0 Å². The van der Waals surface area contributed by atoms with Crippen LogP contribution in [0.2, 0.25) is 10.0 Å². The Morgan fingerprint density at radius 3 is 2.23 bits per heavy atom. The Labute approximate surface area is 188 Å². The molecular formula is C22H22Cl2F3NO3. The summed E-state index contributed by atoms with van der Waals surface area (Å²) >= 11 is 11.9. The summed E-state index contributed by atoms with van der Waals surface area (Å²) in [4.78, 5) is 24.4. The van der Waals surface area contributed by atoms with E-state index >= 15 is 0 Å². The van der Waals surface area contributed by atoms with Gasteiger partial charge in [-0.05, 0) is 55.2 Å². The number of carboxylic acid groups (broad SMARTS) is 1. The highest BCUT2D eigenvalue weighted by atomic mass is 35.5. The Balaban J connectivity index is 2.32. The van der Waals surface area contributed by atoms with E-state index in [2.05, 4.69) is 5.32 Å². The van der Waals surface area contributed by atoms with E-state index in [9.17, 15) is 27.9 Å². The van der Waals surface area contributed by atoms with Crippen molar-refractivity contribution in [3.63, 3.8) is 0 Å². The van der Waals surface area contributed by atoms with Gasteiger partial charge in [0.2, 0.25) is 5.91 Å². The van der Waals surface area contributed by atoms with Gasteiger partial charge in [-0.3, -0.25) is 9.59 Å². The molecule has 0 aliphatic rings. The Hall–Kier alpha value is -2.25. The highest BCUT2D eigenvalue weighted by molar-refractivity contribution is 6.33. The van der Waals surface area contributed by atoms with E-state index in [4.69, 9.17) is 23.2 Å². The van der Waals surface area contributed by atoms with Crippen LogP contribution in [0.3, 0.4) is 0 Å². The summed E-state index contributed by atoms with van der Waals surface area (Å²) in [6.45, 7) is 3.35. The molecule has 31 heavy (non-hydrogen) atoms. The normalized spacial score (nSPS) is 14.5. The maximum absolute atomic E-state index is 13.1. The number of carboxylic acids is 1. The predicted octanol–water partition coefficient (Wildman–Crippen LogP) is 6.71. The van der Waals surface area contributed by atoms with Crippen molar-refractivity contribution in [3.05, 3.63) is 63.6 Å². The summed E-state index contributed by atoms with van der Waals surface area (Å²) in [6.07, 6.45) is -5.39. The van der Waals surface area contributed by atoms with Crippen molar-refractivity contribution in [2.24, 2.45) is 5.41 Å². The first-order valence-electron chi connectivity index (χ1n) is 9.49. The van der Waals surface area contributed by atoms with Gasteiger partial charge in [0.25, 0.3) is 0 Å². The fraction of sp³-hybridized carbons (Fsp3) is 0.364. The molecule has 0 heterocycles. The molecule has 0 fully saturated rings. The lowest BCUT2D eigenvalue weighted by Gasteiger charge is -2.24. The molecule has 0 aliphatic carbocycles. The number of hydrogen-bond acceptors (Lipinski definition) is 2. The number of amides is 1. The number of nitrogens with one attached hydrogen (secondary N) is 1. The summed E-state index contributed by atoms with van der Waals surface area (Å²) in [7, 11) is 0. The number of hydrogen-bond donors (Lipinski definition) is 2. The Morgan fingerprint density at radius 2 is 1.71 bits per heavy atom. The van der Waals surface area contributed by atoms with Crippen molar-refractivity contribution < 1.29 is 27.9 Å². The van der Waals surface area contributed by atoms with E-state index in [-0.39, 0.29) is 22.7 Å². The Kier molecular flexibility index (Phi) is 8.00. The molecule has 4 nitrogen and oxygen atoms in total. The quantitative estimate of drug-likeness (QED) is 0.445. The second kappa shape index (κ2) is 9.92. The molecule has 1 unspecified atom stereocenters. The average Bonchev–Trinajstić information content (AvgIpc) is 2.68. The molecule has 0 bridgehead atoms. The minimum Gasteiger partial charge on any atom is -0.481 e. The average molecular weight is 476 g/mol. The van der Waals surface area contributed by atoms with E-state index in [1.807, 2.05) is 0 Å². The van der Waals surface area contributed by atoms with Gasteiger partial charge in [0, 0.05) is 5.02 Å². The zero-order valence-corrected chi connectivity index (χ0v) is 18.4. The highest BCUT2D eigenvalue weighted by Gasteiger charge is 2.36. The maximum Gasteiger partial charge on any atom is 0.390 e. The number of benzene rings is 2.